The van der Waals surface area contributed by atoms with Crippen LogP contribution in [0.1, 0.15) is 25.3 Å². The van der Waals surface area contributed by atoms with E-state index >= 15 is 0 Å². The van der Waals surface area contributed by atoms with Gasteiger partial charge in [-0.2, -0.15) is 4.98 Å². The summed E-state index contributed by atoms with van der Waals surface area (Å²) in [4.78, 5) is 10.7. The Balaban J connectivity index is 2.90. The fourth-order valence-electron chi connectivity index (χ4n) is 1.67. The van der Waals surface area contributed by atoms with E-state index < -0.39 is 0 Å². The van der Waals surface area contributed by atoms with E-state index in [1.54, 1.807) is 7.05 Å². The Morgan fingerprint density at radius 1 is 1.41 bits per heavy atom. The van der Waals surface area contributed by atoms with Crippen molar-refractivity contribution in [3.05, 3.63) is 11.8 Å². The predicted molar refractivity (Wildman–Crippen MR) is 70.5 cm³/mol. The zero-order valence-electron chi connectivity index (χ0n) is 10.9. The normalized spacial score (nSPS) is 10.4. The molecule has 1 heterocycles. The van der Waals surface area contributed by atoms with Crippen molar-refractivity contribution in [2.75, 3.05) is 37.0 Å². The van der Waals surface area contributed by atoms with Gasteiger partial charge in [0.1, 0.15) is 5.82 Å². The maximum absolute atomic E-state index is 9.11. The lowest BCUT2D eigenvalue weighted by atomic mass is 10.2. The molecule has 0 saturated heterocycles. The molecule has 5 nitrogen and oxygen atoms in total. The molecule has 0 saturated carbocycles. The molecule has 0 aliphatic rings. The van der Waals surface area contributed by atoms with Crippen molar-refractivity contribution < 1.29 is 5.11 Å². The van der Waals surface area contributed by atoms with Crippen molar-refractivity contribution in [2.45, 2.75) is 26.7 Å². The van der Waals surface area contributed by atoms with Crippen LogP contribution in [0.3, 0.4) is 0 Å². The third kappa shape index (κ3) is 3.85. The summed E-state index contributed by atoms with van der Waals surface area (Å²) in [6.45, 7) is 5.81. The number of nitrogens with zero attached hydrogens (tertiary/aromatic N) is 3. The molecule has 96 valence electrons. The minimum Gasteiger partial charge on any atom is -0.395 e. The molecule has 0 aliphatic heterocycles. The van der Waals surface area contributed by atoms with Crippen LogP contribution in [0, 0.1) is 6.92 Å². The molecule has 0 aromatic carbocycles. The summed E-state index contributed by atoms with van der Waals surface area (Å²) in [5, 5.41) is 12.1. The van der Waals surface area contributed by atoms with Gasteiger partial charge in [-0.25, -0.2) is 4.98 Å². The van der Waals surface area contributed by atoms with Crippen molar-refractivity contribution >= 4 is 11.8 Å². The molecule has 1 aromatic rings. The van der Waals surface area contributed by atoms with Crippen LogP contribution in [-0.4, -0.2) is 41.8 Å². The van der Waals surface area contributed by atoms with Crippen LogP contribution < -0.4 is 10.2 Å². The number of aryl methyl sites for hydroxylation is 1. The van der Waals surface area contributed by atoms with Gasteiger partial charge in [0.05, 0.1) is 6.61 Å². The Hall–Kier alpha value is -1.36. The second-order valence-corrected chi connectivity index (χ2v) is 4.01. The molecule has 0 fully saturated rings. The molecule has 0 amide bonds. The van der Waals surface area contributed by atoms with Crippen LogP contribution in [0.4, 0.5) is 11.8 Å². The zero-order chi connectivity index (χ0) is 12.7. The van der Waals surface area contributed by atoms with Crippen molar-refractivity contribution in [3.63, 3.8) is 0 Å². The minimum absolute atomic E-state index is 0.141. The van der Waals surface area contributed by atoms with E-state index in [1.807, 2.05) is 13.1 Å². The Morgan fingerprint density at radius 2 is 2.18 bits per heavy atom. The summed E-state index contributed by atoms with van der Waals surface area (Å²) in [5.74, 6) is 1.52. The monoisotopic (exact) mass is 238 g/mol. The second kappa shape index (κ2) is 7.06. The molecule has 0 aliphatic carbocycles. The molecule has 1 aromatic heterocycles. The minimum atomic E-state index is 0.141. The van der Waals surface area contributed by atoms with E-state index in [2.05, 4.69) is 27.1 Å². The first-order valence-corrected chi connectivity index (χ1v) is 6.10. The number of hydrogen-bond donors (Lipinski definition) is 2. The molecule has 0 bridgehead atoms. The highest BCUT2D eigenvalue weighted by Gasteiger charge is 2.11. The number of hydrogen-bond acceptors (Lipinski definition) is 5. The summed E-state index contributed by atoms with van der Waals surface area (Å²) in [6.07, 6.45) is 4.04. The fraction of sp³-hybridized carbons (Fsp3) is 0.667. The van der Waals surface area contributed by atoms with Crippen LogP contribution >= 0.6 is 0 Å². The van der Waals surface area contributed by atoms with Gasteiger partial charge < -0.3 is 15.3 Å². The standard InChI is InChI=1S/C12H22N4O/c1-4-5-6-16(7-8-17)11-10(2)9-14-12(13-3)15-11/h9,17H,4-8H2,1-3H3,(H,13,14,15). The first kappa shape index (κ1) is 13.7. The van der Waals surface area contributed by atoms with E-state index in [9.17, 15) is 0 Å². The molecular formula is C12H22N4O. The van der Waals surface area contributed by atoms with Crippen LogP contribution in [0.5, 0.6) is 0 Å². The molecule has 0 unspecified atom stereocenters. The van der Waals surface area contributed by atoms with Gasteiger partial charge in [0.25, 0.3) is 0 Å². The van der Waals surface area contributed by atoms with Gasteiger partial charge in [0.15, 0.2) is 0 Å². The smallest absolute Gasteiger partial charge is 0.224 e. The number of nitrogens with one attached hydrogen (secondary N) is 1. The number of rotatable bonds is 7. The summed E-state index contributed by atoms with van der Waals surface area (Å²) >= 11 is 0. The lowest BCUT2D eigenvalue weighted by molar-refractivity contribution is 0.301. The quantitative estimate of drug-likeness (QED) is 0.752. The summed E-state index contributed by atoms with van der Waals surface area (Å²) in [6, 6.07) is 0. The molecule has 0 atom stereocenters. The van der Waals surface area contributed by atoms with Crippen LogP contribution in [0.15, 0.2) is 6.20 Å². The first-order valence-electron chi connectivity index (χ1n) is 6.10. The van der Waals surface area contributed by atoms with Gasteiger partial charge in [-0.1, -0.05) is 13.3 Å². The Morgan fingerprint density at radius 3 is 2.76 bits per heavy atom. The molecule has 1 rings (SSSR count). The van der Waals surface area contributed by atoms with Crippen LogP contribution in [0.2, 0.25) is 0 Å². The lowest BCUT2D eigenvalue weighted by Crippen LogP contribution is -2.29. The van der Waals surface area contributed by atoms with Crippen molar-refractivity contribution in [2.24, 2.45) is 0 Å². The summed E-state index contributed by atoms with van der Waals surface area (Å²) < 4.78 is 0. The van der Waals surface area contributed by atoms with Crippen molar-refractivity contribution in [1.82, 2.24) is 9.97 Å². The highest BCUT2D eigenvalue weighted by atomic mass is 16.3. The molecule has 0 radical (unpaired) electrons. The number of unbranched alkanes of at least 4 members (excludes halogenated alkanes) is 1. The number of anilines is 2. The van der Waals surface area contributed by atoms with Gasteiger partial charge >= 0.3 is 0 Å². The van der Waals surface area contributed by atoms with Gasteiger partial charge in [0.2, 0.25) is 5.95 Å². The van der Waals surface area contributed by atoms with E-state index in [4.69, 9.17) is 5.11 Å². The average molecular weight is 238 g/mol. The fourth-order valence-corrected chi connectivity index (χ4v) is 1.67. The van der Waals surface area contributed by atoms with E-state index in [0.29, 0.717) is 12.5 Å². The van der Waals surface area contributed by atoms with Crippen molar-refractivity contribution in [3.8, 4) is 0 Å². The highest BCUT2D eigenvalue weighted by molar-refractivity contribution is 5.48. The molecule has 5 heteroatoms. The highest BCUT2D eigenvalue weighted by Crippen LogP contribution is 2.18. The van der Waals surface area contributed by atoms with E-state index in [1.165, 1.54) is 0 Å². The molecule has 0 spiro atoms. The predicted octanol–water partition coefficient (Wildman–Crippen LogP) is 1.43. The van der Waals surface area contributed by atoms with Gasteiger partial charge in [-0.05, 0) is 13.3 Å². The third-order valence-corrected chi connectivity index (χ3v) is 2.62. The number of aliphatic hydroxyl groups excluding tert-OH is 1. The van der Waals surface area contributed by atoms with Crippen molar-refractivity contribution in [1.29, 1.82) is 0 Å². The first-order chi connectivity index (χ1) is 8.22. The average Bonchev–Trinajstić information content (AvgIpc) is 2.35. The number of aliphatic hydroxyl groups is 1. The molecule has 17 heavy (non-hydrogen) atoms. The number of aromatic nitrogens is 2. The lowest BCUT2D eigenvalue weighted by Gasteiger charge is -2.24. The SMILES string of the molecule is CCCCN(CCO)c1nc(NC)ncc1C. The maximum atomic E-state index is 9.11. The second-order valence-electron chi connectivity index (χ2n) is 4.01. The largest absolute Gasteiger partial charge is 0.395 e. The Labute approximate surface area is 103 Å². The Kier molecular flexibility index (Phi) is 5.69. The Bertz CT molecular complexity index is 343. The summed E-state index contributed by atoms with van der Waals surface area (Å²) in [7, 11) is 1.80. The molecular weight excluding hydrogens is 216 g/mol. The third-order valence-electron chi connectivity index (χ3n) is 2.62. The zero-order valence-corrected chi connectivity index (χ0v) is 10.9. The van der Waals surface area contributed by atoms with E-state index in [0.717, 1.165) is 30.8 Å². The van der Waals surface area contributed by atoms with Crippen LogP contribution in [-0.2, 0) is 0 Å². The van der Waals surface area contributed by atoms with E-state index in [-0.39, 0.29) is 6.61 Å². The molecule has 2 N–H and O–H groups in total. The van der Waals surface area contributed by atoms with Gasteiger partial charge in [-0.15, -0.1) is 0 Å². The van der Waals surface area contributed by atoms with Gasteiger partial charge in [-0.3, -0.25) is 0 Å². The summed E-state index contributed by atoms with van der Waals surface area (Å²) in [5.41, 5.74) is 1.04. The van der Waals surface area contributed by atoms with Crippen LogP contribution in [0.25, 0.3) is 0 Å². The van der Waals surface area contributed by atoms with Gasteiger partial charge in [0, 0.05) is 31.9 Å². The topological polar surface area (TPSA) is 61.3 Å². The maximum Gasteiger partial charge on any atom is 0.224 e.